The highest BCUT2D eigenvalue weighted by Gasteiger charge is 2.25. The first kappa shape index (κ1) is 21.8. The van der Waals surface area contributed by atoms with E-state index in [-0.39, 0.29) is 11.7 Å². The predicted octanol–water partition coefficient (Wildman–Crippen LogP) is 5.87. The topological polar surface area (TPSA) is 82.5 Å². The number of nitrogens with zero attached hydrogens (tertiary/aromatic N) is 1. The van der Waals surface area contributed by atoms with E-state index in [2.05, 4.69) is 10.3 Å². The van der Waals surface area contributed by atoms with Crippen molar-refractivity contribution in [2.75, 3.05) is 11.9 Å². The van der Waals surface area contributed by atoms with E-state index in [9.17, 15) is 19.4 Å². The van der Waals surface area contributed by atoms with Crippen LogP contribution in [0, 0.1) is 24.6 Å². The Labute approximate surface area is 187 Å². The summed E-state index contributed by atoms with van der Waals surface area (Å²) in [6, 6.07) is 15.7. The lowest BCUT2D eigenvalue weighted by atomic mass is 9.82. The van der Waals surface area contributed by atoms with Gasteiger partial charge in [-0.05, 0) is 85.5 Å². The number of carbonyl (C=O) groups is 1. The minimum Gasteiger partial charge on any atom is -0.507 e. The highest BCUT2D eigenvalue weighted by Crippen LogP contribution is 2.34. The Bertz CT molecular complexity index is 1120. The van der Waals surface area contributed by atoms with Gasteiger partial charge in [0, 0.05) is 12.1 Å². The molecule has 32 heavy (non-hydrogen) atoms. The van der Waals surface area contributed by atoms with Crippen LogP contribution in [0.4, 0.5) is 10.2 Å². The van der Waals surface area contributed by atoms with E-state index < -0.39 is 11.8 Å². The van der Waals surface area contributed by atoms with Crippen LogP contribution >= 0.6 is 0 Å². The largest absolute Gasteiger partial charge is 0.507 e. The number of phenols is 1. The molecule has 1 aromatic heterocycles. The molecule has 0 atom stereocenters. The van der Waals surface area contributed by atoms with Crippen LogP contribution in [0.15, 0.2) is 54.6 Å². The third-order valence-corrected chi connectivity index (χ3v) is 6.28. The van der Waals surface area contributed by atoms with Gasteiger partial charge in [0.1, 0.15) is 17.4 Å². The van der Waals surface area contributed by atoms with E-state index in [0.29, 0.717) is 42.4 Å². The normalized spacial score (nSPS) is 18.3. The second-order valence-corrected chi connectivity index (χ2v) is 8.54. The van der Waals surface area contributed by atoms with Gasteiger partial charge in [0.05, 0.1) is 11.6 Å². The fourth-order valence-corrected chi connectivity index (χ4v) is 4.39. The zero-order valence-corrected chi connectivity index (χ0v) is 18.0. The van der Waals surface area contributed by atoms with E-state index in [4.69, 9.17) is 0 Å². The molecule has 0 amide bonds. The molecule has 1 fully saturated rings. The number of aromatic hydroxyl groups is 1. The fourth-order valence-electron chi connectivity index (χ4n) is 4.39. The predicted molar refractivity (Wildman–Crippen MR) is 123 cm³/mol. The highest BCUT2D eigenvalue weighted by atomic mass is 19.1. The SMILES string of the molecule is Cc1ccccc1-c1cc(NC[C@H]2CC[C@H](C(=O)O)CC2)nc(-c2cc(F)ccc2O)c1. The highest BCUT2D eigenvalue weighted by molar-refractivity contribution is 5.77. The van der Waals surface area contributed by atoms with Crippen LogP contribution in [-0.2, 0) is 4.79 Å². The summed E-state index contributed by atoms with van der Waals surface area (Å²) in [5.74, 6) is -0.394. The molecule has 1 aliphatic carbocycles. The van der Waals surface area contributed by atoms with Crippen molar-refractivity contribution in [3.05, 3.63) is 66.0 Å². The average molecular weight is 435 g/mol. The van der Waals surface area contributed by atoms with E-state index in [1.807, 2.05) is 43.3 Å². The summed E-state index contributed by atoms with van der Waals surface area (Å²) in [5, 5.41) is 22.9. The number of phenolic OH excluding ortho intramolecular Hbond substituents is 1. The number of carboxylic acids is 1. The molecule has 0 saturated heterocycles. The Balaban J connectivity index is 1.63. The van der Waals surface area contributed by atoms with E-state index >= 15 is 0 Å². The van der Waals surface area contributed by atoms with E-state index in [1.54, 1.807) is 0 Å². The first-order valence-corrected chi connectivity index (χ1v) is 10.9. The summed E-state index contributed by atoms with van der Waals surface area (Å²) in [6.45, 7) is 2.72. The minimum absolute atomic E-state index is 0.0289. The molecule has 3 aromatic rings. The number of rotatable bonds is 6. The maximum atomic E-state index is 13.9. The van der Waals surface area contributed by atoms with Crippen LogP contribution in [0.1, 0.15) is 31.2 Å². The minimum atomic E-state index is -0.705. The Morgan fingerprint density at radius 1 is 1.06 bits per heavy atom. The van der Waals surface area contributed by atoms with Crippen molar-refractivity contribution in [1.82, 2.24) is 4.98 Å². The molecule has 0 unspecified atom stereocenters. The van der Waals surface area contributed by atoms with Gasteiger partial charge in [-0.1, -0.05) is 24.3 Å². The maximum Gasteiger partial charge on any atom is 0.306 e. The molecule has 166 valence electrons. The molecular formula is C26H27FN2O3. The first-order chi connectivity index (χ1) is 15.4. The van der Waals surface area contributed by atoms with Gasteiger partial charge in [-0.3, -0.25) is 4.79 Å². The van der Waals surface area contributed by atoms with Crippen molar-refractivity contribution in [3.8, 4) is 28.1 Å². The number of carboxylic acid groups (broad SMARTS) is 1. The first-order valence-electron chi connectivity index (χ1n) is 10.9. The molecule has 2 aromatic carbocycles. The van der Waals surface area contributed by atoms with Gasteiger partial charge in [0.15, 0.2) is 0 Å². The second kappa shape index (κ2) is 9.39. The number of benzene rings is 2. The molecule has 1 heterocycles. The smallest absolute Gasteiger partial charge is 0.306 e. The summed E-state index contributed by atoms with van der Waals surface area (Å²) >= 11 is 0. The second-order valence-electron chi connectivity index (χ2n) is 8.54. The van der Waals surface area contributed by atoms with Crippen LogP contribution in [0.2, 0.25) is 0 Å². The van der Waals surface area contributed by atoms with Crippen molar-refractivity contribution in [2.45, 2.75) is 32.6 Å². The van der Waals surface area contributed by atoms with Crippen molar-refractivity contribution in [3.63, 3.8) is 0 Å². The molecule has 0 aliphatic heterocycles. The number of pyridine rings is 1. The molecule has 1 saturated carbocycles. The number of hydrogen-bond acceptors (Lipinski definition) is 4. The maximum absolute atomic E-state index is 13.9. The molecule has 6 heteroatoms. The standard InChI is InChI=1S/C26H27FN2O3/c1-16-4-2-3-5-21(16)19-12-23(22-14-20(27)10-11-24(22)30)29-25(13-19)28-15-17-6-8-18(9-7-17)26(31)32/h2-5,10-14,17-18,30H,6-9,15H2,1H3,(H,28,29)(H,31,32)/t17-,18-. The molecule has 5 nitrogen and oxygen atoms in total. The van der Waals surface area contributed by atoms with Crippen LogP contribution in [0.3, 0.4) is 0 Å². The molecule has 1 aliphatic rings. The monoisotopic (exact) mass is 434 g/mol. The zero-order valence-electron chi connectivity index (χ0n) is 18.0. The number of anilines is 1. The lowest BCUT2D eigenvalue weighted by Gasteiger charge is -2.26. The van der Waals surface area contributed by atoms with E-state index in [0.717, 1.165) is 29.5 Å². The van der Waals surface area contributed by atoms with Gasteiger partial charge < -0.3 is 15.5 Å². The lowest BCUT2D eigenvalue weighted by molar-refractivity contribution is -0.143. The Kier molecular flexibility index (Phi) is 6.40. The summed E-state index contributed by atoms with van der Waals surface area (Å²) in [5.41, 5.74) is 3.89. The third kappa shape index (κ3) is 4.90. The number of aliphatic carboxylic acids is 1. The summed E-state index contributed by atoms with van der Waals surface area (Å²) in [7, 11) is 0. The lowest BCUT2D eigenvalue weighted by Crippen LogP contribution is -2.25. The van der Waals surface area contributed by atoms with Gasteiger partial charge in [-0.15, -0.1) is 0 Å². The molecule has 3 N–H and O–H groups in total. The summed E-state index contributed by atoms with van der Waals surface area (Å²) in [4.78, 5) is 15.8. The zero-order chi connectivity index (χ0) is 22.7. The molecule has 0 radical (unpaired) electrons. The van der Waals surface area contributed by atoms with Gasteiger partial charge in [0.2, 0.25) is 0 Å². The summed E-state index contributed by atoms with van der Waals surface area (Å²) in [6.07, 6.45) is 3.11. The van der Waals surface area contributed by atoms with E-state index in [1.165, 1.54) is 18.2 Å². The number of aryl methyl sites for hydroxylation is 1. The van der Waals surface area contributed by atoms with Crippen molar-refractivity contribution < 1.29 is 19.4 Å². The number of hydrogen-bond donors (Lipinski definition) is 3. The van der Waals surface area contributed by atoms with Gasteiger partial charge >= 0.3 is 5.97 Å². The van der Waals surface area contributed by atoms with Crippen molar-refractivity contribution in [2.24, 2.45) is 11.8 Å². The Morgan fingerprint density at radius 3 is 2.53 bits per heavy atom. The molecular weight excluding hydrogens is 407 g/mol. The average Bonchev–Trinajstić information content (AvgIpc) is 2.79. The number of aromatic nitrogens is 1. The molecule has 0 spiro atoms. The van der Waals surface area contributed by atoms with Gasteiger partial charge in [0.25, 0.3) is 0 Å². The number of halogens is 1. The molecule has 0 bridgehead atoms. The Hall–Kier alpha value is -3.41. The fraction of sp³-hybridized carbons (Fsp3) is 0.308. The quantitative estimate of drug-likeness (QED) is 0.452. The van der Waals surface area contributed by atoms with Gasteiger partial charge in [-0.25, -0.2) is 9.37 Å². The third-order valence-electron chi connectivity index (χ3n) is 6.28. The van der Waals surface area contributed by atoms with Crippen LogP contribution in [0.5, 0.6) is 5.75 Å². The van der Waals surface area contributed by atoms with Crippen molar-refractivity contribution >= 4 is 11.8 Å². The molecule has 4 rings (SSSR count). The summed E-state index contributed by atoms with van der Waals surface area (Å²) < 4.78 is 13.9. The van der Waals surface area contributed by atoms with Gasteiger partial charge in [-0.2, -0.15) is 0 Å². The Morgan fingerprint density at radius 2 is 1.81 bits per heavy atom. The number of nitrogens with one attached hydrogen (secondary N) is 1. The van der Waals surface area contributed by atoms with Crippen LogP contribution in [-0.4, -0.2) is 27.7 Å². The van der Waals surface area contributed by atoms with Crippen molar-refractivity contribution in [1.29, 1.82) is 0 Å². The van der Waals surface area contributed by atoms with Crippen LogP contribution < -0.4 is 5.32 Å². The van der Waals surface area contributed by atoms with Crippen LogP contribution in [0.25, 0.3) is 22.4 Å².